The highest BCUT2D eigenvalue weighted by Gasteiger charge is 2.23. The van der Waals surface area contributed by atoms with Crippen LogP contribution in [0.4, 0.5) is 4.39 Å². The van der Waals surface area contributed by atoms with E-state index in [-0.39, 0.29) is 5.82 Å². The van der Waals surface area contributed by atoms with Gasteiger partial charge < -0.3 is 14.9 Å². The first-order valence-corrected chi connectivity index (χ1v) is 9.69. The van der Waals surface area contributed by atoms with Crippen molar-refractivity contribution in [2.45, 2.75) is 25.2 Å². The van der Waals surface area contributed by atoms with Gasteiger partial charge in [-0.1, -0.05) is 18.2 Å². The third-order valence-corrected chi connectivity index (χ3v) is 5.81. The second kappa shape index (κ2) is 6.82. The summed E-state index contributed by atoms with van der Waals surface area (Å²) in [6, 6.07) is 13.2. The van der Waals surface area contributed by atoms with Gasteiger partial charge in [-0.3, -0.25) is 0 Å². The number of benzene rings is 2. The van der Waals surface area contributed by atoms with Crippen LogP contribution in [0, 0.1) is 5.82 Å². The van der Waals surface area contributed by atoms with E-state index in [9.17, 15) is 4.39 Å². The minimum absolute atomic E-state index is 0.218. The smallest absolute Gasteiger partial charge is 0.125 e. The number of imidazole rings is 1. The molecule has 1 fully saturated rings. The molecule has 0 saturated carbocycles. The molecule has 0 spiro atoms. The van der Waals surface area contributed by atoms with Gasteiger partial charge in [0.25, 0.3) is 0 Å². The number of likely N-dealkylation sites (tertiary alicyclic amines) is 1. The zero-order valence-electron chi connectivity index (χ0n) is 15.2. The van der Waals surface area contributed by atoms with E-state index in [0.717, 1.165) is 55.8 Å². The first kappa shape index (κ1) is 16.5. The number of hydrogen-bond donors (Lipinski definition) is 2. The van der Waals surface area contributed by atoms with Gasteiger partial charge in [0, 0.05) is 29.6 Å². The fourth-order valence-electron chi connectivity index (χ4n) is 4.24. The van der Waals surface area contributed by atoms with Crippen molar-refractivity contribution in [1.82, 2.24) is 19.9 Å². The Hall–Kier alpha value is -2.66. The lowest BCUT2D eigenvalue weighted by molar-refractivity contribution is 0.212. The number of nitrogens with zero attached hydrogens (tertiary/aromatic N) is 2. The zero-order valence-corrected chi connectivity index (χ0v) is 15.2. The maximum absolute atomic E-state index is 13.4. The van der Waals surface area contributed by atoms with E-state index in [4.69, 9.17) is 0 Å². The molecule has 0 unspecified atom stereocenters. The van der Waals surface area contributed by atoms with Crippen molar-refractivity contribution in [1.29, 1.82) is 0 Å². The highest BCUT2D eigenvalue weighted by molar-refractivity contribution is 5.83. The zero-order chi connectivity index (χ0) is 18.2. The SMILES string of the molecule is Fc1ccc2nc(C3CCN(CCc4c[nH]c5ccccc45)CC3)[nH]c2c1. The Balaban J connectivity index is 1.21. The number of aromatic nitrogens is 3. The van der Waals surface area contributed by atoms with Gasteiger partial charge in [0.15, 0.2) is 0 Å². The van der Waals surface area contributed by atoms with Crippen LogP contribution in [-0.4, -0.2) is 39.5 Å². The largest absolute Gasteiger partial charge is 0.361 e. The molecule has 4 nitrogen and oxygen atoms in total. The van der Waals surface area contributed by atoms with Gasteiger partial charge in [-0.05, 0) is 62.2 Å². The van der Waals surface area contributed by atoms with Crippen LogP contribution < -0.4 is 0 Å². The van der Waals surface area contributed by atoms with Crippen LogP contribution in [0.5, 0.6) is 0 Å². The van der Waals surface area contributed by atoms with Crippen molar-refractivity contribution < 1.29 is 4.39 Å². The molecular weight excluding hydrogens is 339 g/mol. The average Bonchev–Trinajstić information content (AvgIpc) is 3.30. The van der Waals surface area contributed by atoms with Crippen molar-refractivity contribution >= 4 is 21.9 Å². The standard InChI is InChI=1S/C22H23FN4/c23-17-5-6-20-21(13-17)26-22(25-20)15-7-10-27(11-8-15)12-9-16-14-24-19-4-2-1-3-18(16)19/h1-6,13-15,24H,7-12H2,(H,25,26). The van der Waals surface area contributed by atoms with Crippen molar-refractivity contribution in [3.63, 3.8) is 0 Å². The monoisotopic (exact) mass is 362 g/mol. The summed E-state index contributed by atoms with van der Waals surface area (Å²) in [6.07, 6.45) is 5.40. The Labute approximate surface area is 157 Å². The lowest BCUT2D eigenvalue weighted by atomic mass is 9.96. The number of aromatic amines is 2. The predicted octanol–water partition coefficient (Wildman–Crippen LogP) is 4.61. The number of H-pyrrole nitrogens is 2. The van der Waals surface area contributed by atoms with Crippen LogP contribution in [0.25, 0.3) is 21.9 Å². The van der Waals surface area contributed by atoms with Crippen LogP contribution in [0.1, 0.15) is 30.1 Å². The number of nitrogens with one attached hydrogen (secondary N) is 2. The highest BCUT2D eigenvalue weighted by atomic mass is 19.1. The fraction of sp³-hybridized carbons (Fsp3) is 0.318. The number of piperidine rings is 1. The van der Waals surface area contributed by atoms with Crippen molar-refractivity contribution in [2.75, 3.05) is 19.6 Å². The van der Waals surface area contributed by atoms with E-state index in [2.05, 4.69) is 50.3 Å². The maximum atomic E-state index is 13.4. The minimum Gasteiger partial charge on any atom is -0.361 e. The van der Waals surface area contributed by atoms with E-state index in [1.54, 1.807) is 6.07 Å². The van der Waals surface area contributed by atoms with Gasteiger partial charge in [-0.2, -0.15) is 0 Å². The van der Waals surface area contributed by atoms with Crippen LogP contribution in [0.2, 0.25) is 0 Å². The van der Waals surface area contributed by atoms with Crippen LogP contribution in [-0.2, 0) is 6.42 Å². The summed E-state index contributed by atoms with van der Waals surface area (Å²) in [5.41, 5.74) is 4.26. The topological polar surface area (TPSA) is 47.7 Å². The van der Waals surface area contributed by atoms with E-state index < -0.39 is 0 Å². The lowest BCUT2D eigenvalue weighted by Gasteiger charge is -2.31. The summed E-state index contributed by atoms with van der Waals surface area (Å²) in [5.74, 6) is 1.22. The van der Waals surface area contributed by atoms with E-state index in [1.807, 2.05) is 0 Å². The molecule has 0 radical (unpaired) electrons. The van der Waals surface area contributed by atoms with Crippen molar-refractivity contribution in [3.8, 4) is 0 Å². The number of hydrogen-bond acceptors (Lipinski definition) is 2. The molecule has 5 heteroatoms. The summed E-state index contributed by atoms with van der Waals surface area (Å²) in [5, 5.41) is 1.34. The van der Waals surface area contributed by atoms with Crippen molar-refractivity contribution in [2.24, 2.45) is 0 Å². The molecule has 0 amide bonds. The number of para-hydroxylation sites is 1. The first-order chi connectivity index (χ1) is 13.3. The Morgan fingerprint density at radius 2 is 1.93 bits per heavy atom. The highest BCUT2D eigenvalue weighted by Crippen LogP contribution is 2.28. The second-order valence-corrected chi connectivity index (χ2v) is 7.51. The average molecular weight is 362 g/mol. The minimum atomic E-state index is -0.218. The number of halogens is 1. The van der Waals surface area contributed by atoms with Gasteiger partial charge in [0.05, 0.1) is 11.0 Å². The van der Waals surface area contributed by atoms with Crippen LogP contribution in [0.3, 0.4) is 0 Å². The molecule has 1 aliphatic heterocycles. The summed E-state index contributed by atoms with van der Waals surface area (Å²) in [7, 11) is 0. The Morgan fingerprint density at radius 1 is 1.07 bits per heavy atom. The van der Waals surface area contributed by atoms with Gasteiger partial charge in [0.1, 0.15) is 11.6 Å². The van der Waals surface area contributed by atoms with E-state index in [0.29, 0.717) is 5.92 Å². The molecule has 138 valence electrons. The molecule has 0 atom stereocenters. The Bertz CT molecular complexity index is 1070. The second-order valence-electron chi connectivity index (χ2n) is 7.51. The molecule has 2 aromatic heterocycles. The van der Waals surface area contributed by atoms with Crippen molar-refractivity contribution in [3.05, 3.63) is 65.9 Å². The molecule has 0 aliphatic carbocycles. The molecule has 4 aromatic rings. The molecule has 2 N–H and O–H groups in total. The van der Waals surface area contributed by atoms with Crippen LogP contribution in [0.15, 0.2) is 48.7 Å². The van der Waals surface area contributed by atoms with Gasteiger partial charge in [-0.25, -0.2) is 9.37 Å². The maximum Gasteiger partial charge on any atom is 0.125 e. The number of fused-ring (bicyclic) bond motifs is 2. The quantitative estimate of drug-likeness (QED) is 0.557. The van der Waals surface area contributed by atoms with Crippen LogP contribution >= 0.6 is 0 Å². The predicted molar refractivity (Wildman–Crippen MR) is 106 cm³/mol. The van der Waals surface area contributed by atoms with Gasteiger partial charge in [0.2, 0.25) is 0 Å². The fourth-order valence-corrected chi connectivity index (χ4v) is 4.24. The summed E-state index contributed by atoms with van der Waals surface area (Å²) < 4.78 is 13.4. The van der Waals surface area contributed by atoms with E-state index in [1.165, 1.54) is 28.6 Å². The summed E-state index contributed by atoms with van der Waals surface area (Å²) >= 11 is 0. The molecule has 27 heavy (non-hydrogen) atoms. The third-order valence-electron chi connectivity index (χ3n) is 5.81. The normalized spacial score (nSPS) is 16.5. The molecule has 0 bridgehead atoms. The molecule has 1 saturated heterocycles. The summed E-state index contributed by atoms with van der Waals surface area (Å²) in [6.45, 7) is 3.25. The lowest BCUT2D eigenvalue weighted by Crippen LogP contribution is -2.34. The first-order valence-electron chi connectivity index (χ1n) is 9.69. The third kappa shape index (κ3) is 3.23. The molecule has 5 rings (SSSR count). The number of rotatable bonds is 4. The molecule has 1 aliphatic rings. The van der Waals surface area contributed by atoms with Gasteiger partial charge >= 0.3 is 0 Å². The molecule has 3 heterocycles. The Morgan fingerprint density at radius 3 is 2.81 bits per heavy atom. The molecule has 2 aromatic carbocycles. The van der Waals surface area contributed by atoms with E-state index >= 15 is 0 Å². The molecular formula is C22H23FN4. The summed E-state index contributed by atoms with van der Waals surface area (Å²) in [4.78, 5) is 13.9. The van der Waals surface area contributed by atoms with Gasteiger partial charge in [-0.15, -0.1) is 0 Å². The Kier molecular flexibility index (Phi) is 4.17.